The van der Waals surface area contributed by atoms with Crippen LogP contribution in [0.5, 0.6) is 0 Å². The molecule has 1 unspecified atom stereocenters. The first-order valence-corrected chi connectivity index (χ1v) is 6.95. The molecule has 0 amide bonds. The molecule has 0 saturated carbocycles. The molecule has 0 aliphatic heterocycles. The van der Waals surface area contributed by atoms with Crippen molar-refractivity contribution in [1.29, 1.82) is 0 Å². The molecule has 100 valence electrons. The quantitative estimate of drug-likeness (QED) is 0.570. The van der Waals surface area contributed by atoms with Gasteiger partial charge in [0.25, 0.3) is 0 Å². The zero-order chi connectivity index (χ0) is 13.8. The van der Waals surface area contributed by atoms with E-state index < -0.39 is 0 Å². The number of allylic oxidation sites excluding steroid dienone is 3. The van der Waals surface area contributed by atoms with Gasteiger partial charge in [0.15, 0.2) is 0 Å². The second-order valence-corrected chi connectivity index (χ2v) is 5.28. The largest absolute Gasteiger partial charge is 0.381 e. The van der Waals surface area contributed by atoms with Crippen molar-refractivity contribution < 1.29 is 0 Å². The van der Waals surface area contributed by atoms with Gasteiger partial charge >= 0.3 is 0 Å². The fourth-order valence-corrected chi connectivity index (χ4v) is 2.40. The van der Waals surface area contributed by atoms with E-state index in [1.165, 1.54) is 11.3 Å². The summed E-state index contributed by atoms with van der Waals surface area (Å²) in [5.74, 6) is 0.714. The van der Waals surface area contributed by atoms with Crippen LogP contribution in [-0.4, -0.2) is 6.54 Å². The van der Waals surface area contributed by atoms with E-state index in [9.17, 15) is 0 Å². The lowest BCUT2D eigenvalue weighted by Crippen LogP contribution is -2.05. The van der Waals surface area contributed by atoms with Gasteiger partial charge in [0.1, 0.15) is 0 Å². The van der Waals surface area contributed by atoms with Crippen LogP contribution < -0.4 is 5.32 Å². The Bertz CT molecular complexity index is 534. The number of para-hydroxylation sites is 1. The Balaban J connectivity index is 2.02. The van der Waals surface area contributed by atoms with E-state index in [1.807, 2.05) is 19.1 Å². The molecule has 1 nitrogen and oxygen atoms in total. The summed E-state index contributed by atoms with van der Waals surface area (Å²) in [5, 5.41) is 3.49. The maximum atomic E-state index is 4.03. The molecule has 1 aromatic rings. The second kappa shape index (κ2) is 5.92. The molecule has 0 radical (unpaired) electrons. The number of hydrogen-bond donors (Lipinski definition) is 1. The summed E-state index contributed by atoms with van der Waals surface area (Å²) >= 11 is 0. The highest BCUT2D eigenvalue weighted by atomic mass is 14.9. The van der Waals surface area contributed by atoms with Gasteiger partial charge in [-0.2, -0.15) is 0 Å². The van der Waals surface area contributed by atoms with Crippen LogP contribution in [0.4, 0.5) is 5.69 Å². The molecule has 1 heteroatoms. The van der Waals surface area contributed by atoms with Crippen LogP contribution in [0.2, 0.25) is 0 Å². The van der Waals surface area contributed by atoms with Gasteiger partial charge in [-0.3, -0.25) is 0 Å². The van der Waals surface area contributed by atoms with E-state index in [-0.39, 0.29) is 0 Å². The van der Waals surface area contributed by atoms with Gasteiger partial charge in [0.05, 0.1) is 0 Å². The van der Waals surface area contributed by atoms with Crippen LogP contribution in [0.25, 0.3) is 0 Å². The number of hydrogen-bond acceptors (Lipinski definition) is 1. The highest BCUT2D eigenvalue weighted by Gasteiger charge is 2.27. The molecular formula is C18H23N. The van der Waals surface area contributed by atoms with Crippen molar-refractivity contribution in [3.63, 3.8) is 0 Å². The topological polar surface area (TPSA) is 12.0 Å². The minimum atomic E-state index is 0.714. The summed E-state index contributed by atoms with van der Waals surface area (Å²) in [5.41, 5.74) is 6.88. The lowest BCUT2D eigenvalue weighted by atomic mass is 10.1. The van der Waals surface area contributed by atoms with E-state index in [0.717, 1.165) is 18.5 Å². The van der Waals surface area contributed by atoms with Crippen LogP contribution >= 0.6 is 0 Å². The Hall–Kier alpha value is -1.76. The first-order chi connectivity index (χ1) is 9.13. The van der Waals surface area contributed by atoms with E-state index in [4.69, 9.17) is 0 Å². The SMILES string of the molecule is C=C(/C=C\C)CNc1ccccc1CC1=C(C)C1C. The Labute approximate surface area is 116 Å². The van der Waals surface area contributed by atoms with Crippen molar-refractivity contribution in [2.45, 2.75) is 27.2 Å². The predicted molar refractivity (Wildman–Crippen MR) is 84.5 cm³/mol. The molecule has 19 heavy (non-hydrogen) atoms. The Morgan fingerprint density at radius 2 is 2.05 bits per heavy atom. The molecule has 0 heterocycles. The Morgan fingerprint density at radius 3 is 2.68 bits per heavy atom. The zero-order valence-electron chi connectivity index (χ0n) is 12.2. The van der Waals surface area contributed by atoms with Crippen molar-refractivity contribution in [3.8, 4) is 0 Å². The summed E-state index contributed by atoms with van der Waals surface area (Å²) in [6, 6.07) is 8.57. The van der Waals surface area contributed by atoms with Crippen molar-refractivity contribution in [3.05, 3.63) is 65.3 Å². The summed E-state index contributed by atoms with van der Waals surface area (Å²) in [6.45, 7) is 11.4. The van der Waals surface area contributed by atoms with Gasteiger partial charge in [0, 0.05) is 12.2 Å². The smallest absolute Gasteiger partial charge is 0.0394 e. The monoisotopic (exact) mass is 253 g/mol. The molecule has 1 aliphatic rings. The predicted octanol–water partition coefficient (Wildman–Crippen LogP) is 4.74. The van der Waals surface area contributed by atoms with Crippen LogP contribution in [0.3, 0.4) is 0 Å². The maximum absolute atomic E-state index is 4.03. The van der Waals surface area contributed by atoms with Crippen LogP contribution in [0, 0.1) is 5.92 Å². The minimum Gasteiger partial charge on any atom is -0.381 e. The third-order valence-electron chi connectivity index (χ3n) is 3.90. The third-order valence-corrected chi connectivity index (χ3v) is 3.90. The highest BCUT2D eigenvalue weighted by Crippen LogP contribution is 2.41. The van der Waals surface area contributed by atoms with Gasteiger partial charge in [-0.25, -0.2) is 0 Å². The molecule has 0 fully saturated rings. The normalized spacial score (nSPS) is 17.9. The summed E-state index contributed by atoms with van der Waals surface area (Å²) < 4.78 is 0. The highest BCUT2D eigenvalue weighted by molar-refractivity contribution is 5.56. The lowest BCUT2D eigenvalue weighted by molar-refractivity contribution is 0.957. The fourth-order valence-electron chi connectivity index (χ4n) is 2.40. The maximum Gasteiger partial charge on any atom is 0.0394 e. The molecule has 1 N–H and O–H groups in total. The number of benzene rings is 1. The minimum absolute atomic E-state index is 0.714. The molecule has 0 saturated heterocycles. The lowest BCUT2D eigenvalue weighted by Gasteiger charge is -2.11. The number of rotatable bonds is 6. The average Bonchev–Trinajstić information content (AvgIpc) is 2.96. The van der Waals surface area contributed by atoms with Gasteiger partial charge in [-0.1, -0.05) is 55.0 Å². The fraction of sp³-hybridized carbons (Fsp3) is 0.333. The van der Waals surface area contributed by atoms with Gasteiger partial charge in [-0.05, 0) is 43.4 Å². The van der Waals surface area contributed by atoms with Gasteiger partial charge in [0.2, 0.25) is 0 Å². The molecule has 2 rings (SSSR count). The molecular weight excluding hydrogens is 230 g/mol. The van der Waals surface area contributed by atoms with Crippen molar-refractivity contribution in [2.75, 3.05) is 11.9 Å². The number of anilines is 1. The Morgan fingerprint density at radius 1 is 1.37 bits per heavy atom. The second-order valence-electron chi connectivity index (χ2n) is 5.28. The van der Waals surface area contributed by atoms with Crippen LogP contribution in [-0.2, 0) is 6.42 Å². The van der Waals surface area contributed by atoms with E-state index in [1.54, 1.807) is 11.1 Å². The zero-order valence-corrected chi connectivity index (χ0v) is 12.2. The Kier molecular flexibility index (Phi) is 4.26. The summed E-state index contributed by atoms with van der Waals surface area (Å²) in [7, 11) is 0. The van der Waals surface area contributed by atoms with Crippen LogP contribution in [0.1, 0.15) is 26.3 Å². The van der Waals surface area contributed by atoms with Gasteiger partial charge in [-0.15, -0.1) is 0 Å². The molecule has 0 spiro atoms. The van der Waals surface area contributed by atoms with Crippen molar-refractivity contribution >= 4 is 5.69 Å². The van der Waals surface area contributed by atoms with E-state index in [2.05, 4.69) is 50.0 Å². The third kappa shape index (κ3) is 3.37. The van der Waals surface area contributed by atoms with E-state index >= 15 is 0 Å². The van der Waals surface area contributed by atoms with Gasteiger partial charge < -0.3 is 5.32 Å². The standard InChI is InChI=1S/C18H23N/c1-5-8-13(2)12-19-18-10-7-6-9-16(18)11-17-14(3)15(17)4/h5-10,14,19H,2,11-12H2,1,3-4H3/b8-5-. The summed E-state index contributed by atoms with van der Waals surface area (Å²) in [6.07, 6.45) is 5.15. The molecule has 1 aromatic carbocycles. The molecule has 0 aromatic heterocycles. The summed E-state index contributed by atoms with van der Waals surface area (Å²) in [4.78, 5) is 0. The molecule has 0 bridgehead atoms. The number of nitrogens with one attached hydrogen (secondary N) is 1. The van der Waals surface area contributed by atoms with Crippen molar-refractivity contribution in [2.24, 2.45) is 5.92 Å². The average molecular weight is 253 g/mol. The molecule has 1 aliphatic carbocycles. The molecule has 1 atom stereocenters. The first kappa shape index (κ1) is 13.7. The van der Waals surface area contributed by atoms with Crippen molar-refractivity contribution in [1.82, 2.24) is 0 Å². The van der Waals surface area contributed by atoms with Crippen LogP contribution in [0.15, 0.2) is 59.7 Å². The van der Waals surface area contributed by atoms with E-state index in [0.29, 0.717) is 5.92 Å². The first-order valence-electron chi connectivity index (χ1n) is 6.95.